The van der Waals surface area contributed by atoms with Crippen molar-refractivity contribution in [3.8, 4) is 0 Å². The largest absolute Gasteiger partial charge is 0.466 e. The highest BCUT2D eigenvalue weighted by molar-refractivity contribution is 9.10. The third-order valence-electron chi connectivity index (χ3n) is 2.52. The number of aryl methyl sites for hydroxylation is 1. The number of amides is 1. The maximum absolute atomic E-state index is 11.6. The van der Waals surface area contributed by atoms with Crippen LogP contribution in [0, 0.1) is 6.92 Å². The number of carbonyl (C=O) groups is 2. The normalized spacial score (nSPS) is 18.2. The summed E-state index contributed by atoms with van der Waals surface area (Å²) in [7, 11) is 1.25. The molecule has 0 atom stereocenters. The van der Waals surface area contributed by atoms with Gasteiger partial charge in [0.05, 0.1) is 18.2 Å². The number of hydrogen-bond donors (Lipinski definition) is 1. The van der Waals surface area contributed by atoms with E-state index in [2.05, 4.69) is 36.2 Å². The van der Waals surface area contributed by atoms with Gasteiger partial charge in [-0.1, -0.05) is 22.0 Å². The molecule has 0 radical (unpaired) electrons. The number of carbonyl (C=O) groups excluding carboxylic acids is 2. The number of nitrogens with zero attached hydrogens (tertiary/aromatic N) is 2. The van der Waals surface area contributed by atoms with Crippen LogP contribution in [0.4, 0.5) is 0 Å². The minimum atomic E-state index is -0.591. The van der Waals surface area contributed by atoms with Crippen LogP contribution in [0.15, 0.2) is 43.9 Å². The topological polar surface area (TPSA) is 80.1 Å². The Morgan fingerprint density at radius 3 is 2.86 bits per heavy atom. The predicted octanol–water partition coefficient (Wildman–Crippen LogP) is 2.37. The molecule has 0 aromatic heterocycles. The smallest absolute Gasteiger partial charge is 0.331 e. The van der Waals surface area contributed by atoms with Gasteiger partial charge in [-0.25, -0.2) is 4.79 Å². The molecule has 2 rings (SSSR count). The second-order valence-corrected chi connectivity index (χ2v) is 6.25. The zero-order valence-corrected chi connectivity index (χ0v) is 14.2. The fourth-order valence-corrected chi connectivity index (χ4v) is 2.99. The first-order chi connectivity index (χ1) is 10.5. The maximum atomic E-state index is 11.6. The Kier molecular flexibility index (Phi) is 5.51. The van der Waals surface area contributed by atoms with Gasteiger partial charge in [0.2, 0.25) is 0 Å². The molecular weight excluding hydrogens is 370 g/mol. The number of halogens is 1. The number of rotatable bonds is 3. The minimum Gasteiger partial charge on any atom is -0.466 e. The van der Waals surface area contributed by atoms with E-state index >= 15 is 0 Å². The van der Waals surface area contributed by atoms with E-state index in [9.17, 15) is 9.59 Å². The molecule has 1 aliphatic heterocycles. The summed E-state index contributed by atoms with van der Waals surface area (Å²) in [6, 6.07) is 5.84. The van der Waals surface area contributed by atoms with E-state index in [0.717, 1.165) is 33.4 Å². The number of methoxy groups -OCH3 is 1. The van der Waals surface area contributed by atoms with Crippen LogP contribution in [-0.2, 0) is 14.3 Å². The number of nitrogens with one attached hydrogen (secondary N) is 1. The first-order valence-corrected chi connectivity index (χ1v) is 7.76. The van der Waals surface area contributed by atoms with Crippen molar-refractivity contribution in [1.82, 2.24) is 5.32 Å². The summed E-state index contributed by atoms with van der Waals surface area (Å²) in [5.41, 5.74) is 1.98. The van der Waals surface area contributed by atoms with Gasteiger partial charge in [-0.3, -0.25) is 10.1 Å². The number of thioether (sulfide) groups is 1. The van der Waals surface area contributed by atoms with E-state index in [1.54, 1.807) is 6.21 Å². The molecule has 0 saturated carbocycles. The van der Waals surface area contributed by atoms with Gasteiger partial charge in [-0.05, 0) is 41.9 Å². The molecule has 0 bridgehead atoms. The van der Waals surface area contributed by atoms with E-state index in [-0.39, 0.29) is 4.91 Å². The van der Waals surface area contributed by atoms with Crippen LogP contribution in [-0.4, -0.2) is 30.4 Å². The van der Waals surface area contributed by atoms with Gasteiger partial charge in [-0.2, -0.15) is 5.10 Å². The monoisotopic (exact) mass is 381 g/mol. The lowest BCUT2D eigenvalue weighted by Crippen LogP contribution is -2.19. The Hall–Kier alpha value is -1.93. The van der Waals surface area contributed by atoms with Crippen molar-refractivity contribution in [1.29, 1.82) is 0 Å². The second kappa shape index (κ2) is 7.37. The fourth-order valence-electron chi connectivity index (χ4n) is 1.63. The summed E-state index contributed by atoms with van der Waals surface area (Å²) in [6.45, 7) is 1.98. The van der Waals surface area contributed by atoms with Crippen molar-refractivity contribution in [2.24, 2.45) is 10.2 Å². The summed E-state index contributed by atoms with van der Waals surface area (Å²) in [5, 5.41) is 10.7. The maximum Gasteiger partial charge on any atom is 0.331 e. The van der Waals surface area contributed by atoms with Gasteiger partial charge in [0.25, 0.3) is 5.91 Å². The molecule has 1 aliphatic rings. The van der Waals surface area contributed by atoms with Crippen LogP contribution in [0.3, 0.4) is 0 Å². The number of hydrogen-bond acceptors (Lipinski definition) is 6. The van der Waals surface area contributed by atoms with E-state index in [1.165, 1.54) is 7.11 Å². The molecule has 0 unspecified atom stereocenters. The number of benzene rings is 1. The Morgan fingerprint density at radius 2 is 2.18 bits per heavy atom. The summed E-state index contributed by atoms with van der Waals surface area (Å²) in [5.74, 6) is -0.991. The third kappa shape index (κ3) is 4.54. The highest BCUT2D eigenvalue weighted by Crippen LogP contribution is 2.23. The van der Waals surface area contributed by atoms with Gasteiger partial charge in [0, 0.05) is 10.5 Å². The summed E-state index contributed by atoms with van der Waals surface area (Å²) >= 11 is 4.44. The Morgan fingerprint density at radius 1 is 1.41 bits per heavy atom. The van der Waals surface area contributed by atoms with Crippen LogP contribution < -0.4 is 5.32 Å². The van der Waals surface area contributed by atoms with Crippen LogP contribution in [0.5, 0.6) is 0 Å². The SMILES string of the molecule is COC(=O)/C=C1/S/C(=N\N=Cc2cc(C)cc(Br)c2)NC1=O. The van der Waals surface area contributed by atoms with Crippen molar-refractivity contribution in [3.63, 3.8) is 0 Å². The average Bonchev–Trinajstić information content (AvgIpc) is 2.78. The highest BCUT2D eigenvalue weighted by Gasteiger charge is 2.24. The number of esters is 1. The van der Waals surface area contributed by atoms with E-state index in [1.807, 2.05) is 25.1 Å². The summed E-state index contributed by atoms with van der Waals surface area (Å²) < 4.78 is 5.43. The zero-order chi connectivity index (χ0) is 16.1. The van der Waals surface area contributed by atoms with Gasteiger partial charge in [-0.15, -0.1) is 5.10 Å². The molecule has 1 saturated heterocycles. The molecule has 1 N–H and O–H groups in total. The van der Waals surface area contributed by atoms with Crippen LogP contribution in [0.1, 0.15) is 11.1 Å². The second-order valence-electron chi connectivity index (χ2n) is 4.30. The minimum absolute atomic E-state index is 0.221. The van der Waals surface area contributed by atoms with E-state index in [4.69, 9.17) is 0 Å². The first kappa shape index (κ1) is 16.4. The van der Waals surface area contributed by atoms with Crippen molar-refractivity contribution < 1.29 is 14.3 Å². The molecule has 1 fully saturated rings. The van der Waals surface area contributed by atoms with Crippen LogP contribution in [0.25, 0.3) is 0 Å². The molecule has 0 aliphatic carbocycles. The molecule has 6 nitrogen and oxygen atoms in total. The lowest BCUT2D eigenvalue weighted by atomic mass is 10.2. The highest BCUT2D eigenvalue weighted by atomic mass is 79.9. The van der Waals surface area contributed by atoms with E-state index in [0.29, 0.717) is 5.17 Å². The molecule has 0 spiro atoms. The standard InChI is InChI=1S/C14H12BrN3O3S/c1-8-3-9(5-10(15)4-8)7-16-18-14-17-13(20)11(22-14)6-12(19)21-2/h3-7H,1-2H3,(H,17,18,20)/b11-6+,16-7?. The molecule has 1 aromatic rings. The van der Waals surface area contributed by atoms with E-state index < -0.39 is 11.9 Å². The van der Waals surface area contributed by atoms with Gasteiger partial charge >= 0.3 is 5.97 Å². The Balaban J connectivity index is 2.08. The van der Waals surface area contributed by atoms with Gasteiger partial charge in [0.15, 0.2) is 5.17 Å². The molecule has 114 valence electrons. The number of ether oxygens (including phenoxy) is 1. The van der Waals surface area contributed by atoms with Gasteiger partial charge < -0.3 is 4.74 Å². The first-order valence-electron chi connectivity index (χ1n) is 6.15. The predicted molar refractivity (Wildman–Crippen MR) is 89.7 cm³/mol. The zero-order valence-electron chi connectivity index (χ0n) is 11.8. The molecule has 22 heavy (non-hydrogen) atoms. The molecule has 1 amide bonds. The fraction of sp³-hybridized carbons (Fsp3) is 0.143. The lowest BCUT2D eigenvalue weighted by Gasteiger charge is -1.97. The van der Waals surface area contributed by atoms with Crippen molar-refractivity contribution in [2.45, 2.75) is 6.92 Å². The average molecular weight is 382 g/mol. The quantitative estimate of drug-likeness (QED) is 0.377. The Bertz CT molecular complexity index is 693. The summed E-state index contributed by atoms with van der Waals surface area (Å²) in [4.78, 5) is 23.0. The molecule has 8 heteroatoms. The van der Waals surface area contributed by atoms with Crippen LogP contribution >= 0.6 is 27.7 Å². The molecular formula is C14H12BrN3O3S. The molecule has 1 aromatic carbocycles. The third-order valence-corrected chi connectivity index (χ3v) is 3.88. The van der Waals surface area contributed by atoms with Crippen molar-refractivity contribution in [2.75, 3.05) is 7.11 Å². The van der Waals surface area contributed by atoms with Gasteiger partial charge in [0.1, 0.15) is 0 Å². The van der Waals surface area contributed by atoms with Crippen LogP contribution in [0.2, 0.25) is 0 Å². The lowest BCUT2D eigenvalue weighted by molar-refractivity contribution is -0.135. The van der Waals surface area contributed by atoms with Crippen molar-refractivity contribution in [3.05, 3.63) is 44.8 Å². The molecule has 1 heterocycles. The summed E-state index contributed by atoms with van der Waals surface area (Å²) in [6.07, 6.45) is 2.70. The Labute approximate surface area is 139 Å². The van der Waals surface area contributed by atoms with Crippen molar-refractivity contribution >= 4 is 51.0 Å². The number of amidine groups is 1.